The van der Waals surface area contributed by atoms with E-state index in [9.17, 15) is 14.7 Å². The topological polar surface area (TPSA) is 98.1 Å². The van der Waals surface area contributed by atoms with Crippen LogP contribution in [0.25, 0.3) is 0 Å². The minimum atomic E-state index is -1.31. The monoisotopic (exact) mass is 267 g/mol. The molecule has 3 N–H and O–H groups in total. The summed E-state index contributed by atoms with van der Waals surface area (Å²) in [5, 5.41) is 27.9. The van der Waals surface area contributed by atoms with Crippen molar-refractivity contribution >= 4 is 11.9 Å². The number of carboxylic acids is 2. The first-order valence-corrected chi connectivity index (χ1v) is 5.75. The van der Waals surface area contributed by atoms with Gasteiger partial charge in [0.2, 0.25) is 0 Å². The third kappa shape index (κ3) is 5.07. The molecule has 0 bridgehead atoms. The lowest BCUT2D eigenvalue weighted by atomic mass is 9.95. The first-order chi connectivity index (χ1) is 8.81. The average molecular weight is 267 g/mol. The minimum Gasteiger partial charge on any atom is -0.480 e. The van der Waals surface area contributed by atoms with Gasteiger partial charge in [-0.1, -0.05) is 30.3 Å². The lowest BCUT2D eigenvalue weighted by Gasteiger charge is -2.30. The molecule has 1 atom stereocenters. The zero-order valence-electron chi connectivity index (χ0n) is 10.6. The number of hydrogen-bond acceptors (Lipinski definition) is 4. The van der Waals surface area contributed by atoms with Crippen LogP contribution in [0.3, 0.4) is 0 Å². The smallest absolute Gasteiger partial charge is 0.317 e. The second kappa shape index (κ2) is 6.31. The number of carboxylic acid groups (broad SMARTS) is 2. The van der Waals surface area contributed by atoms with Gasteiger partial charge in [0, 0.05) is 6.54 Å². The quantitative estimate of drug-likeness (QED) is 0.660. The normalized spacial score (nSPS) is 14.1. The van der Waals surface area contributed by atoms with E-state index in [1.165, 1.54) is 11.8 Å². The van der Waals surface area contributed by atoms with E-state index in [2.05, 4.69) is 0 Å². The highest BCUT2D eigenvalue weighted by molar-refractivity contribution is 5.72. The van der Waals surface area contributed by atoms with Crippen molar-refractivity contribution in [3.05, 3.63) is 35.9 Å². The Morgan fingerprint density at radius 2 is 1.58 bits per heavy atom. The van der Waals surface area contributed by atoms with Gasteiger partial charge in [-0.25, -0.2) is 0 Å². The van der Waals surface area contributed by atoms with Crippen LogP contribution in [0, 0.1) is 0 Å². The molecule has 0 aliphatic carbocycles. The molecule has 0 amide bonds. The fraction of sp³-hybridized carbons (Fsp3) is 0.385. The zero-order valence-corrected chi connectivity index (χ0v) is 10.6. The van der Waals surface area contributed by atoms with Gasteiger partial charge in [-0.3, -0.25) is 14.5 Å². The molecular formula is C13H17NO5. The number of hydrogen-bond donors (Lipinski definition) is 3. The molecule has 1 aromatic carbocycles. The van der Waals surface area contributed by atoms with Crippen LogP contribution < -0.4 is 0 Å². The maximum Gasteiger partial charge on any atom is 0.317 e. The van der Waals surface area contributed by atoms with Crippen molar-refractivity contribution < 1.29 is 24.9 Å². The predicted octanol–water partition coefficient (Wildman–Crippen LogP) is 0.365. The Hall–Kier alpha value is -1.92. The Balaban J connectivity index is 2.82. The lowest BCUT2D eigenvalue weighted by Crippen LogP contribution is -2.43. The van der Waals surface area contributed by atoms with E-state index in [-0.39, 0.29) is 6.54 Å². The van der Waals surface area contributed by atoms with E-state index in [0.717, 1.165) is 0 Å². The van der Waals surface area contributed by atoms with Gasteiger partial charge in [-0.15, -0.1) is 0 Å². The number of carbonyl (C=O) groups is 2. The summed E-state index contributed by atoms with van der Waals surface area (Å²) in [6, 6.07) is 8.72. The average Bonchev–Trinajstić information content (AvgIpc) is 2.27. The van der Waals surface area contributed by atoms with Crippen molar-refractivity contribution in [1.29, 1.82) is 0 Å². The molecule has 1 aromatic rings. The summed E-state index contributed by atoms with van der Waals surface area (Å²) in [6.07, 6.45) is 0. The van der Waals surface area contributed by atoms with Gasteiger partial charge in [-0.2, -0.15) is 0 Å². The highest BCUT2D eigenvalue weighted by Crippen LogP contribution is 2.21. The Labute approximate surface area is 110 Å². The van der Waals surface area contributed by atoms with Crippen LogP contribution >= 0.6 is 0 Å². The number of rotatable bonds is 7. The van der Waals surface area contributed by atoms with Crippen LogP contribution in [0.2, 0.25) is 0 Å². The first-order valence-electron chi connectivity index (χ1n) is 5.75. The molecule has 19 heavy (non-hydrogen) atoms. The predicted molar refractivity (Wildman–Crippen MR) is 67.7 cm³/mol. The van der Waals surface area contributed by atoms with Crippen molar-refractivity contribution in [2.75, 3.05) is 19.6 Å². The van der Waals surface area contributed by atoms with Crippen LogP contribution in [0.5, 0.6) is 0 Å². The van der Waals surface area contributed by atoms with Crippen LogP contribution in [0.1, 0.15) is 12.5 Å². The number of aliphatic hydroxyl groups is 1. The third-order valence-corrected chi connectivity index (χ3v) is 2.64. The molecule has 1 unspecified atom stereocenters. The van der Waals surface area contributed by atoms with E-state index < -0.39 is 30.6 Å². The number of benzene rings is 1. The maximum absolute atomic E-state index is 10.7. The van der Waals surface area contributed by atoms with Gasteiger partial charge in [-0.05, 0) is 12.5 Å². The maximum atomic E-state index is 10.7. The Bertz CT molecular complexity index is 428. The van der Waals surface area contributed by atoms with Crippen molar-refractivity contribution in [2.24, 2.45) is 0 Å². The van der Waals surface area contributed by atoms with E-state index in [4.69, 9.17) is 10.2 Å². The molecule has 0 heterocycles. The van der Waals surface area contributed by atoms with Gasteiger partial charge in [0.1, 0.15) is 0 Å². The summed E-state index contributed by atoms with van der Waals surface area (Å²) in [5.41, 5.74) is -0.706. The van der Waals surface area contributed by atoms with Crippen molar-refractivity contribution in [1.82, 2.24) is 4.90 Å². The molecule has 6 nitrogen and oxygen atoms in total. The molecule has 0 fully saturated rings. The highest BCUT2D eigenvalue weighted by Gasteiger charge is 2.28. The Morgan fingerprint density at radius 1 is 1.11 bits per heavy atom. The molecule has 1 rings (SSSR count). The summed E-state index contributed by atoms with van der Waals surface area (Å²) in [5.74, 6) is -2.27. The summed E-state index contributed by atoms with van der Waals surface area (Å²) in [7, 11) is 0. The van der Waals surface area contributed by atoms with Crippen LogP contribution in [0.4, 0.5) is 0 Å². The summed E-state index contributed by atoms with van der Waals surface area (Å²) in [4.78, 5) is 22.6. The van der Waals surface area contributed by atoms with Gasteiger partial charge in [0.15, 0.2) is 0 Å². The first kappa shape index (κ1) is 15.1. The molecule has 0 saturated carbocycles. The van der Waals surface area contributed by atoms with Crippen LogP contribution in [-0.4, -0.2) is 51.8 Å². The van der Waals surface area contributed by atoms with E-state index in [1.807, 2.05) is 0 Å². The van der Waals surface area contributed by atoms with Gasteiger partial charge >= 0.3 is 11.9 Å². The van der Waals surface area contributed by atoms with E-state index >= 15 is 0 Å². The van der Waals surface area contributed by atoms with Crippen molar-refractivity contribution in [3.8, 4) is 0 Å². The highest BCUT2D eigenvalue weighted by atomic mass is 16.4. The zero-order chi connectivity index (χ0) is 14.5. The summed E-state index contributed by atoms with van der Waals surface area (Å²) in [6.45, 7) is 0.583. The third-order valence-electron chi connectivity index (χ3n) is 2.64. The fourth-order valence-corrected chi connectivity index (χ4v) is 1.87. The molecular weight excluding hydrogens is 250 g/mol. The number of nitrogens with zero attached hydrogens (tertiary/aromatic N) is 1. The van der Waals surface area contributed by atoms with E-state index in [0.29, 0.717) is 5.56 Å². The number of aliphatic carboxylic acids is 2. The molecule has 0 radical (unpaired) electrons. The second-order valence-corrected chi connectivity index (χ2v) is 4.57. The van der Waals surface area contributed by atoms with Gasteiger partial charge < -0.3 is 15.3 Å². The lowest BCUT2D eigenvalue weighted by molar-refractivity contribution is -0.143. The summed E-state index contributed by atoms with van der Waals surface area (Å²) < 4.78 is 0. The molecule has 0 aliphatic heterocycles. The van der Waals surface area contributed by atoms with E-state index in [1.54, 1.807) is 30.3 Å². The minimum absolute atomic E-state index is 0.0738. The largest absolute Gasteiger partial charge is 0.480 e. The van der Waals surface area contributed by atoms with Crippen LogP contribution in [-0.2, 0) is 15.2 Å². The standard InChI is InChI=1S/C13H17NO5/c1-13(19,10-5-3-2-4-6-10)9-14(7-11(15)16)8-12(17)18/h2-6,19H,7-9H2,1H3,(H,15,16)(H,17,18). The second-order valence-electron chi connectivity index (χ2n) is 4.57. The SMILES string of the molecule is CC(O)(CN(CC(=O)O)CC(=O)O)c1ccccc1. The fourth-order valence-electron chi connectivity index (χ4n) is 1.87. The van der Waals surface area contributed by atoms with Crippen molar-refractivity contribution in [3.63, 3.8) is 0 Å². The van der Waals surface area contributed by atoms with Crippen LogP contribution in [0.15, 0.2) is 30.3 Å². The Morgan fingerprint density at radius 3 is 2.00 bits per heavy atom. The molecule has 0 spiro atoms. The molecule has 0 aliphatic rings. The van der Waals surface area contributed by atoms with Gasteiger partial charge in [0.25, 0.3) is 0 Å². The Kier molecular flexibility index (Phi) is 5.02. The molecule has 0 saturated heterocycles. The van der Waals surface area contributed by atoms with Crippen molar-refractivity contribution in [2.45, 2.75) is 12.5 Å². The van der Waals surface area contributed by atoms with Gasteiger partial charge in [0.05, 0.1) is 18.7 Å². The molecule has 0 aromatic heterocycles. The molecule has 104 valence electrons. The summed E-state index contributed by atoms with van der Waals surface area (Å²) >= 11 is 0. The molecule has 6 heteroatoms.